The van der Waals surface area contributed by atoms with Crippen LogP contribution in [0.1, 0.15) is 0 Å². The summed E-state index contributed by atoms with van der Waals surface area (Å²) in [7, 11) is 0. The van der Waals surface area contributed by atoms with Crippen molar-refractivity contribution in [3.8, 4) is 11.5 Å². The number of rotatable bonds is 2. The van der Waals surface area contributed by atoms with Crippen LogP contribution in [-0.4, -0.2) is 0 Å². The molecule has 0 aliphatic heterocycles. The summed E-state index contributed by atoms with van der Waals surface area (Å²) in [6.45, 7) is 0. The Kier molecular flexibility index (Phi) is 3.20. The summed E-state index contributed by atoms with van der Waals surface area (Å²) in [6, 6.07) is 13.8. The fourth-order valence-corrected chi connectivity index (χ4v) is 1.62. The third-order valence-electron chi connectivity index (χ3n) is 1.86. The van der Waals surface area contributed by atoms with Crippen molar-refractivity contribution in [2.45, 2.75) is 0 Å². The summed E-state index contributed by atoms with van der Waals surface area (Å²) >= 11 is 2.11. The smallest absolute Gasteiger partial charge is 0.143 e. The van der Waals surface area contributed by atoms with E-state index < -0.39 is 0 Å². The normalized spacial score (nSPS) is 10.0. The van der Waals surface area contributed by atoms with Gasteiger partial charge in [0, 0.05) is 6.07 Å². The third kappa shape index (κ3) is 2.68. The van der Waals surface area contributed by atoms with Gasteiger partial charge in [0.25, 0.3) is 0 Å². The summed E-state index contributed by atoms with van der Waals surface area (Å²) in [5.41, 5.74) is 0. The Bertz CT molecular complexity index is 456. The van der Waals surface area contributed by atoms with E-state index in [9.17, 15) is 4.39 Å². The molecule has 0 N–H and O–H groups in total. The van der Waals surface area contributed by atoms with Crippen molar-refractivity contribution in [3.05, 3.63) is 57.9 Å². The van der Waals surface area contributed by atoms with Crippen LogP contribution in [0.15, 0.2) is 48.5 Å². The monoisotopic (exact) mass is 314 g/mol. The highest BCUT2D eigenvalue weighted by Gasteiger charge is 2.03. The van der Waals surface area contributed by atoms with Gasteiger partial charge in [-0.3, -0.25) is 0 Å². The second-order valence-corrected chi connectivity index (χ2v) is 4.15. The van der Waals surface area contributed by atoms with Gasteiger partial charge < -0.3 is 4.74 Å². The summed E-state index contributed by atoms with van der Waals surface area (Å²) in [4.78, 5) is 0. The highest BCUT2D eigenvalue weighted by atomic mass is 127. The lowest BCUT2D eigenvalue weighted by atomic mass is 10.3. The Morgan fingerprint density at radius 3 is 2.47 bits per heavy atom. The van der Waals surface area contributed by atoms with Crippen molar-refractivity contribution < 1.29 is 9.13 Å². The topological polar surface area (TPSA) is 9.23 Å². The molecule has 0 aromatic heterocycles. The molecule has 3 heteroatoms. The molecule has 0 atom stereocenters. The van der Waals surface area contributed by atoms with Crippen LogP contribution in [0.4, 0.5) is 4.39 Å². The molecule has 0 fully saturated rings. The maximum atomic E-state index is 13.0. The van der Waals surface area contributed by atoms with Gasteiger partial charge in [-0.2, -0.15) is 0 Å². The van der Waals surface area contributed by atoms with Crippen molar-refractivity contribution >= 4 is 22.6 Å². The minimum absolute atomic E-state index is 0.290. The number of hydrogen-bond donors (Lipinski definition) is 0. The lowest BCUT2D eigenvalue weighted by Gasteiger charge is -2.07. The van der Waals surface area contributed by atoms with Gasteiger partial charge in [0.2, 0.25) is 0 Å². The highest BCUT2D eigenvalue weighted by molar-refractivity contribution is 14.1. The zero-order valence-corrected chi connectivity index (χ0v) is 9.94. The molecule has 0 spiro atoms. The van der Waals surface area contributed by atoms with E-state index in [0.29, 0.717) is 11.5 Å². The zero-order chi connectivity index (χ0) is 10.7. The van der Waals surface area contributed by atoms with E-state index in [1.165, 1.54) is 12.1 Å². The first-order valence-corrected chi connectivity index (χ1v) is 5.51. The van der Waals surface area contributed by atoms with Gasteiger partial charge >= 0.3 is 0 Å². The molecule has 2 rings (SSSR count). The molecular weight excluding hydrogens is 306 g/mol. The van der Waals surface area contributed by atoms with Crippen LogP contribution >= 0.6 is 22.6 Å². The number of hydrogen-bond acceptors (Lipinski definition) is 1. The molecular formula is C12H8FIO. The predicted molar refractivity (Wildman–Crippen MR) is 65.6 cm³/mol. The van der Waals surface area contributed by atoms with E-state index in [2.05, 4.69) is 22.6 Å². The van der Waals surface area contributed by atoms with Crippen molar-refractivity contribution in [1.29, 1.82) is 0 Å². The summed E-state index contributed by atoms with van der Waals surface area (Å²) < 4.78 is 19.4. The minimum Gasteiger partial charge on any atom is -0.456 e. The quantitative estimate of drug-likeness (QED) is 0.754. The molecule has 0 amide bonds. The van der Waals surface area contributed by atoms with E-state index in [0.717, 1.165) is 3.57 Å². The van der Waals surface area contributed by atoms with Gasteiger partial charge in [0.05, 0.1) is 3.57 Å². The molecule has 0 saturated heterocycles. The Hall–Kier alpha value is -1.10. The SMILES string of the molecule is Fc1ccc(I)c(Oc2ccccc2)c1. The summed E-state index contributed by atoms with van der Waals surface area (Å²) in [5, 5.41) is 0. The van der Waals surface area contributed by atoms with Crippen LogP contribution in [0.5, 0.6) is 11.5 Å². The average Bonchev–Trinajstić information content (AvgIpc) is 2.25. The standard InChI is InChI=1S/C12H8FIO/c13-9-6-7-11(14)12(8-9)15-10-4-2-1-3-5-10/h1-8H. The van der Waals surface area contributed by atoms with Crippen molar-refractivity contribution in [1.82, 2.24) is 0 Å². The minimum atomic E-state index is -0.290. The fourth-order valence-electron chi connectivity index (χ4n) is 1.17. The molecule has 0 heterocycles. The van der Waals surface area contributed by atoms with Gasteiger partial charge in [-0.25, -0.2) is 4.39 Å². The van der Waals surface area contributed by atoms with E-state index in [1.54, 1.807) is 6.07 Å². The molecule has 0 saturated carbocycles. The molecule has 0 aliphatic rings. The highest BCUT2D eigenvalue weighted by Crippen LogP contribution is 2.26. The fraction of sp³-hybridized carbons (Fsp3) is 0. The molecule has 0 aliphatic carbocycles. The van der Waals surface area contributed by atoms with E-state index >= 15 is 0 Å². The first-order chi connectivity index (χ1) is 7.25. The van der Waals surface area contributed by atoms with Gasteiger partial charge in [-0.05, 0) is 46.9 Å². The van der Waals surface area contributed by atoms with Gasteiger partial charge in [0.1, 0.15) is 17.3 Å². The van der Waals surface area contributed by atoms with Gasteiger partial charge in [-0.1, -0.05) is 18.2 Å². The molecule has 0 bridgehead atoms. The Morgan fingerprint density at radius 2 is 1.73 bits per heavy atom. The number of ether oxygens (including phenoxy) is 1. The largest absolute Gasteiger partial charge is 0.456 e. The number of benzene rings is 2. The molecule has 1 nitrogen and oxygen atoms in total. The van der Waals surface area contributed by atoms with Gasteiger partial charge in [-0.15, -0.1) is 0 Å². The average molecular weight is 314 g/mol. The van der Waals surface area contributed by atoms with Crippen LogP contribution in [-0.2, 0) is 0 Å². The van der Waals surface area contributed by atoms with Gasteiger partial charge in [0.15, 0.2) is 0 Å². The molecule has 0 unspecified atom stereocenters. The molecule has 2 aromatic carbocycles. The van der Waals surface area contributed by atoms with Crippen molar-refractivity contribution in [2.24, 2.45) is 0 Å². The summed E-state index contributed by atoms with van der Waals surface area (Å²) in [6.07, 6.45) is 0. The number of para-hydroxylation sites is 1. The van der Waals surface area contributed by atoms with Crippen LogP contribution in [0.25, 0.3) is 0 Å². The van der Waals surface area contributed by atoms with Crippen LogP contribution in [0.2, 0.25) is 0 Å². The second-order valence-electron chi connectivity index (χ2n) is 2.99. The predicted octanol–water partition coefficient (Wildman–Crippen LogP) is 4.22. The van der Waals surface area contributed by atoms with E-state index in [-0.39, 0.29) is 5.82 Å². The first kappa shape index (κ1) is 10.4. The molecule has 15 heavy (non-hydrogen) atoms. The molecule has 76 valence electrons. The Labute approximate surface area is 101 Å². The van der Waals surface area contributed by atoms with Crippen LogP contribution in [0, 0.1) is 9.39 Å². The van der Waals surface area contributed by atoms with Crippen LogP contribution in [0.3, 0.4) is 0 Å². The number of halogens is 2. The van der Waals surface area contributed by atoms with Crippen LogP contribution < -0.4 is 4.74 Å². The first-order valence-electron chi connectivity index (χ1n) is 4.43. The van der Waals surface area contributed by atoms with E-state index in [4.69, 9.17) is 4.74 Å². The molecule has 2 aromatic rings. The second kappa shape index (κ2) is 4.61. The summed E-state index contributed by atoms with van der Waals surface area (Å²) in [5.74, 6) is 0.962. The maximum absolute atomic E-state index is 13.0. The maximum Gasteiger partial charge on any atom is 0.143 e. The van der Waals surface area contributed by atoms with Crippen molar-refractivity contribution in [2.75, 3.05) is 0 Å². The third-order valence-corrected chi connectivity index (χ3v) is 2.76. The Morgan fingerprint density at radius 1 is 1.00 bits per heavy atom. The lowest BCUT2D eigenvalue weighted by Crippen LogP contribution is -1.88. The zero-order valence-electron chi connectivity index (χ0n) is 7.78. The van der Waals surface area contributed by atoms with E-state index in [1.807, 2.05) is 30.3 Å². The Balaban J connectivity index is 2.28. The lowest BCUT2D eigenvalue weighted by molar-refractivity contribution is 0.473. The van der Waals surface area contributed by atoms with Crippen molar-refractivity contribution in [3.63, 3.8) is 0 Å². The molecule has 0 radical (unpaired) electrons.